The summed E-state index contributed by atoms with van der Waals surface area (Å²) >= 11 is 0. The maximum Gasteiger partial charge on any atom is 0.328 e. The van der Waals surface area contributed by atoms with Gasteiger partial charge in [0.05, 0.1) is 0 Å². The van der Waals surface area contributed by atoms with E-state index in [1.807, 2.05) is 61.6 Å². The lowest BCUT2D eigenvalue weighted by Crippen LogP contribution is -2.08. The summed E-state index contributed by atoms with van der Waals surface area (Å²) in [4.78, 5) is 12.5. The molecule has 0 atom stereocenters. The minimum atomic E-state index is -0.939. The molecule has 2 aromatic rings. The minimum Gasteiger partial charge on any atom is -0.478 e. The van der Waals surface area contributed by atoms with E-state index in [4.69, 9.17) is 5.11 Å². The third-order valence-corrected chi connectivity index (χ3v) is 2.84. The van der Waals surface area contributed by atoms with Gasteiger partial charge in [0, 0.05) is 24.5 Å². The molecule has 3 nitrogen and oxygen atoms in total. The summed E-state index contributed by atoms with van der Waals surface area (Å²) in [6.07, 6.45) is 2.71. The topological polar surface area (TPSA) is 40.5 Å². The summed E-state index contributed by atoms with van der Waals surface area (Å²) in [6.45, 7) is 0. The van der Waals surface area contributed by atoms with Crippen LogP contribution in [0.2, 0.25) is 0 Å². The number of hydrogen-bond acceptors (Lipinski definition) is 2. The first-order valence-electron chi connectivity index (χ1n) is 5.96. The SMILES string of the molecule is CN(c1ccccc1)c1ccc(/C=C/C(=O)O)cc1. The highest BCUT2D eigenvalue weighted by Gasteiger charge is 2.02. The Hall–Kier alpha value is -2.55. The highest BCUT2D eigenvalue weighted by Crippen LogP contribution is 2.23. The number of benzene rings is 2. The lowest BCUT2D eigenvalue weighted by Gasteiger charge is -2.19. The second-order valence-electron chi connectivity index (χ2n) is 4.16. The van der Waals surface area contributed by atoms with Gasteiger partial charge in [0.25, 0.3) is 0 Å². The summed E-state index contributed by atoms with van der Waals surface area (Å²) in [5.74, 6) is -0.939. The van der Waals surface area contributed by atoms with Crippen LogP contribution in [0.4, 0.5) is 11.4 Å². The molecular formula is C16H15NO2. The van der Waals surface area contributed by atoms with Crippen LogP contribution >= 0.6 is 0 Å². The Morgan fingerprint density at radius 3 is 2.16 bits per heavy atom. The average Bonchev–Trinajstić information content (AvgIpc) is 2.46. The van der Waals surface area contributed by atoms with Gasteiger partial charge in [-0.05, 0) is 35.9 Å². The first kappa shape index (κ1) is 12.9. The molecule has 0 aliphatic carbocycles. The van der Waals surface area contributed by atoms with Gasteiger partial charge in [-0.25, -0.2) is 4.79 Å². The number of carboxylic acid groups (broad SMARTS) is 1. The highest BCUT2D eigenvalue weighted by molar-refractivity contribution is 5.85. The molecule has 0 aliphatic rings. The molecule has 0 heterocycles. The molecule has 1 N–H and O–H groups in total. The summed E-state index contributed by atoms with van der Waals surface area (Å²) < 4.78 is 0. The molecule has 0 spiro atoms. The van der Waals surface area contributed by atoms with Crippen LogP contribution < -0.4 is 4.90 Å². The molecule has 2 rings (SSSR count). The van der Waals surface area contributed by atoms with Gasteiger partial charge in [-0.15, -0.1) is 0 Å². The van der Waals surface area contributed by atoms with Crippen LogP contribution in [-0.2, 0) is 4.79 Å². The van der Waals surface area contributed by atoms with Gasteiger partial charge >= 0.3 is 5.97 Å². The van der Waals surface area contributed by atoms with Crippen molar-refractivity contribution in [1.29, 1.82) is 0 Å². The largest absolute Gasteiger partial charge is 0.478 e. The van der Waals surface area contributed by atoms with Crippen LogP contribution in [0.1, 0.15) is 5.56 Å². The molecule has 0 bridgehead atoms. The predicted molar refractivity (Wildman–Crippen MR) is 77.6 cm³/mol. The van der Waals surface area contributed by atoms with Gasteiger partial charge in [0.2, 0.25) is 0 Å². The Morgan fingerprint density at radius 2 is 1.58 bits per heavy atom. The molecule has 0 radical (unpaired) electrons. The first-order valence-corrected chi connectivity index (χ1v) is 5.96. The van der Waals surface area contributed by atoms with Crippen molar-refractivity contribution in [2.75, 3.05) is 11.9 Å². The normalized spacial score (nSPS) is 10.6. The molecule has 0 fully saturated rings. The lowest BCUT2D eigenvalue weighted by molar-refractivity contribution is -0.131. The van der Waals surface area contributed by atoms with E-state index in [9.17, 15) is 4.79 Å². The second kappa shape index (κ2) is 5.87. The van der Waals surface area contributed by atoms with Crippen molar-refractivity contribution >= 4 is 23.4 Å². The summed E-state index contributed by atoms with van der Waals surface area (Å²) in [6, 6.07) is 17.8. The molecule has 96 valence electrons. The fourth-order valence-corrected chi connectivity index (χ4v) is 1.78. The second-order valence-corrected chi connectivity index (χ2v) is 4.16. The van der Waals surface area contributed by atoms with Crippen molar-refractivity contribution in [1.82, 2.24) is 0 Å². The van der Waals surface area contributed by atoms with E-state index in [0.29, 0.717) is 0 Å². The van der Waals surface area contributed by atoms with Crippen molar-refractivity contribution in [3.05, 3.63) is 66.2 Å². The van der Waals surface area contributed by atoms with Crippen LogP contribution in [0.3, 0.4) is 0 Å². The van der Waals surface area contributed by atoms with Gasteiger partial charge in [0.1, 0.15) is 0 Å². The fourth-order valence-electron chi connectivity index (χ4n) is 1.78. The number of aliphatic carboxylic acids is 1. The number of hydrogen-bond donors (Lipinski definition) is 1. The molecule has 0 aliphatic heterocycles. The summed E-state index contributed by atoms with van der Waals surface area (Å²) in [5, 5.41) is 8.57. The Labute approximate surface area is 112 Å². The third kappa shape index (κ3) is 3.45. The van der Waals surface area contributed by atoms with Crippen molar-refractivity contribution < 1.29 is 9.90 Å². The Bertz CT molecular complexity index is 573. The van der Waals surface area contributed by atoms with Crippen molar-refractivity contribution in [2.24, 2.45) is 0 Å². The standard InChI is InChI=1S/C16H15NO2/c1-17(14-5-3-2-4-6-14)15-10-7-13(8-11-15)9-12-16(18)19/h2-12H,1H3,(H,18,19)/b12-9+. The minimum absolute atomic E-state index is 0.868. The average molecular weight is 253 g/mol. The van der Waals surface area contributed by atoms with Crippen LogP contribution in [0.5, 0.6) is 0 Å². The van der Waals surface area contributed by atoms with Crippen LogP contribution in [-0.4, -0.2) is 18.1 Å². The molecule has 0 amide bonds. The molecular weight excluding hydrogens is 238 g/mol. The number of carbonyl (C=O) groups is 1. The number of para-hydroxylation sites is 1. The lowest BCUT2D eigenvalue weighted by atomic mass is 10.1. The summed E-state index contributed by atoms with van der Waals surface area (Å²) in [7, 11) is 2.00. The smallest absolute Gasteiger partial charge is 0.328 e. The van der Waals surface area contributed by atoms with E-state index in [-0.39, 0.29) is 0 Å². The number of nitrogens with zero attached hydrogens (tertiary/aromatic N) is 1. The van der Waals surface area contributed by atoms with Gasteiger partial charge in [-0.1, -0.05) is 30.3 Å². The zero-order valence-corrected chi connectivity index (χ0v) is 10.7. The van der Waals surface area contributed by atoms with Crippen LogP contribution in [0.15, 0.2) is 60.7 Å². The number of anilines is 2. The molecule has 0 saturated heterocycles. The highest BCUT2D eigenvalue weighted by atomic mass is 16.4. The van der Waals surface area contributed by atoms with Crippen molar-refractivity contribution in [3.8, 4) is 0 Å². The Kier molecular flexibility index (Phi) is 3.98. The zero-order chi connectivity index (χ0) is 13.7. The molecule has 0 aromatic heterocycles. The number of carboxylic acids is 1. The van der Waals surface area contributed by atoms with E-state index in [1.165, 1.54) is 0 Å². The van der Waals surface area contributed by atoms with Crippen molar-refractivity contribution in [3.63, 3.8) is 0 Å². The molecule has 19 heavy (non-hydrogen) atoms. The molecule has 0 saturated carbocycles. The first-order chi connectivity index (χ1) is 9.16. The van der Waals surface area contributed by atoms with Crippen LogP contribution in [0.25, 0.3) is 6.08 Å². The van der Waals surface area contributed by atoms with Crippen LogP contribution in [0, 0.1) is 0 Å². The van der Waals surface area contributed by atoms with E-state index >= 15 is 0 Å². The maximum absolute atomic E-state index is 10.4. The van der Waals surface area contributed by atoms with Crippen molar-refractivity contribution in [2.45, 2.75) is 0 Å². The quantitative estimate of drug-likeness (QED) is 0.847. The maximum atomic E-state index is 10.4. The van der Waals surface area contributed by atoms with E-state index < -0.39 is 5.97 Å². The number of rotatable bonds is 4. The van der Waals surface area contributed by atoms with Gasteiger partial charge in [0.15, 0.2) is 0 Å². The Balaban J connectivity index is 2.16. The van der Waals surface area contributed by atoms with Gasteiger partial charge in [-0.2, -0.15) is 0 Å². The molecule has 2 aromatic carbocycles. The van der Waals surface area contributed by atoms with E-state index in [2.05, 4.69) is 4.90 Å². The van der Waals surface area contributed by atoms with E-state index in [1.54, 1.807) is 6.08 Å². The Morgan fingerprint density at radius 1 is 1.00 bits per heavy atom. The molecule has 3 heteroatoms. The van der Waals surface area contributed by atoms with Gasteiger partial charge < -0.3 is 10.0 Å². The monoisotopic (exact) mass is 253 g/mol. The predicted octanol–water partition coefficient (Wildman–Crippen LogP) is 3.55. The van der Waals surface area contributed by atoms with E-state index in [0.717, 1.165) is 23.0 Å². The summed E-state index contributed by atoms with van der Waals surface area (Å²) in [5.41, 5.74) is 3.03. The molecule has 0 unspecified atom stereocenters. The zero-order valence-electron chi connectivity index (χ0n) is 10.7. The fraction of sp³-hybridized carbons (Fsp3) is 0.0625. The third-order valence-electron chi connectivity index (χ3n) is 2.84. The van der Waals surface area contributed by atoms with Gasteiger partial charge in [-0.3, -0.25) is 0 Å².